The zero-order valence-corrected chi connectivity index (χ0v) is 13.9. The third kappa shape index (κ3) is 3.65. The number of hydrogen-bond donors (Lipinski definition) is 1. The number of halogens is 1. The van der Waals surface area contributed by atoms with Gasteiger partial charge in [-0.3, -0.25) is 4.79 Å². The fourth-order valence-electron chi connectivity index (χ4n) is 2.52. The van der Waals surface area contributed by atoms with Crippen LogP contribution in [0.3, 0.4) is 0 Å². The molecule has 1 aromatic carbocycles. The summed E-state index contributed by atoms with van der Waals surface area (Å²) in [5, 5.41) is 9.30. The molecule has 1 atom stereocenters. The first-order chi connectivity index (χ1) is 10.8. The fourth-order valence-corrected chi connectivity index (χ4v) is 4.54. The van der Waals surface area contributed by atoms with Crippen molar-refractivity contribution in [2.24, 2.45) is 0 Å². The standard InChI is InChI=1S/C14H16ClNO6S/c1-22-14(19)9-6-10(15)8-11(7-9)23(20,21)16-5-3-2-4-12(16)13(17)18/h6-8,12H,2-5H2,1H3,(H,17,18). The van der Waals surface area contributed by atoms with E-state index in [0.717, 1.165) is 10.4 Å². The normalized spacial score (nSPS) is 19.3. The second-order valence-corrected chi connectivity index (χ2v) is 7.46. The minimum absolute atomic E-state index is 0.0116. The Morgan fingerprint density at radius 1 is 1.30 bits per heavy atom. The van der Waals surface area contributed by atoms with Crippen LogP contribution in [0.15, 0.2) is 23.1 Å². The van der Waals surface area contributed by atoms with Crippen LogP contribution in [0.5, 0.6) is 0 Å². The highest BCUT2D eigenvalue weighted by molar-refractivity contribution is 7.89. The summed E-state index contributed by atoms with van der Waals surface area (Å²) in [5.74, 6) is -1.92. The summed E-state index contributed by atoms with van der Waals surface area (Å²) in [4.78, 5) is 22.7. The zero-order chi connectivity index (χ0) is 17.2. The summed E-state index contributed by atoms with van der Waals surface area (Å²) < 4.78 is 31.1. The average molecular weight is 362 g/mol. The number of piperidine rings is 1. The molecule has 126 valence electrons. The number of methoxy groups -OCH3 is 1. The Labute approximate surface area is 138 Å². The van der Waals surface area contributed by atoms with E-state index in [4.69, 9.17) is 11.6 Å². The molecule has 9 heteroatoms. The first-order valence-electron chi connectivity index (χ1n) is 6.91. The number of benzene rings is 1. The predicted molar refractivity (Wildman–Crippen MR) is 82.0 cm³/mol. The van der Waals surface area contributed by atoms with E-state index in [2.05, 4.69) is 4.74 Å². The lowest BCUT2D eigenvalue weighted by molar-refractivity contribution is -0.142. The van der Waals surface area contributed by atoms with Gasteiger partial charge >= 0.3 is 11.9 Å². The molecule has 7 nitrogen and oxygen atoms in total. The lowest BCUT2D eigenvalue weighted by atomic mass is 10.1. The van der Waals surface area contributed by atoms with Crippen LogP contribution in [0, 0.1) is 0 Å². The van der Waals surface area contributed by atoms with Gasteiger partial charge in [0.25, 0.3) is 0 Å². The topological polar surface area (TPSA) is 101 Å². The molecule has 0 bridgehead atoms. The monoisotopic (exact) mass is 361 g/mol. The van der Waals surface area contributed by atoms with Gasteiger partial charge in [0.05, 0.1) is 17.6 Å². The average Bonchev–Trinajstić information content (AvgIpc) is 2.53. The molecule has 0 aliphatic carbocycles. The van der Waals surface area contributed by atoms with Crippen LogP contribution in [0.2, 0.25) is 5.02 Å². The van der Waals surface area contributed by atoms with Gasteiger partial charge in [-0.15, -0.1) is 0 Å². The van der Waals surface area contributed by atoms with Gasteiger partial charge in [-0.25, -0.2) is 13.2 Å². The van der Waals surface area contributed by atoms with E-state index in [9.17, 15) is 23.1 Å². The van der Waals surface area contributed by atoms with Crippen LogP contribution in [-0.2, 0) is 19.6 Å². The largest absolute Gasteiger partial charge is 0.480 e. The van der Waals surface area contributed by atoms with E-state index in [-0.39, 0.29) is 28.4 Å². The summed E-state index contributed by atoms with van der Waals surface area (Å²) in [5.41, 5.74) is -0.0116. The molecule has 0 aromatic heterocycles. The van der Waals surface area contributed by atoms with Gasteiger partial charge < -0.3 is 9.84 Å². The van der Waals surface area contributed by atoms with Gasteiger partial charge in [-0.2, -0.15) is 4.31 Å². The van der Waals surface area contributed by atoms with Crippen molar-refractivity contribution in [3.05, 3.63) is 28.8 Å². The van der Waals surface area contributed by atoms with Crippen molar-refractivity contribution >= 4 is 33.6 Å². The second kappa shape index (κ2) is 6.86. The third-order valence-corrected chi connectivity index (χ3v) is 5.74. The Hall–Kier alpha value is -1.64. The quantitative estimate of drug-likeness (QED) is 0.820. The number of aliphatic carboxylic acids is 1. The molecule has 0 spiro atoms. The Morgan fingerprint density at radius 2 is 2.00 bits per heavy atom. The summed E-state index contributed by atoms with van der Waals surface area (Å²) in [6, 6.07) is 2.50. The Kier molecular flexibility index (Phi) is 5.28. The Morgan fingerprint density at radius 3 is 2.61 bits per heavy atom. The van der Waals surface area contributed by atoms with E-state index < -0.39 is 28.0 Å². The number of carbonyl (C=O) groups is 2. The maximum atomic E-state index is 12.8. The molecule has 0 radical (unpaired) electrons. The first-order valence-corrected chi connectivity index (χ1v) is 8.72. The molecule has 1 aromatic rings. The minimum atomic E-state index is -4.08. The lowest BCUT2D eigenvalue weighted by Gasteiger charge is -2.31. The van der Waals surface area contributed by atoms with Gasteiger partial charge in [0.2, 0.25) is 10.0 Å². The van der Waals surface area contributed by atoms with Crippen molar-refractivity contribution in [2.45, 2.75) is 30.2 Å². The molecule has 1 N–H and O–H groups in total. The van der Waals surface area contributed by atoms with Crippen molar-refractivity contribution in [1.29, 1.82) is 0 Å². The molecule has 23 heavy (non-hydrogen) atoms. The van der Waals surface area contributed by atoms with Crippen molar-refractivity contribution in [2.75, 3.05) is 13.7 Å². The molecule has 2 rings (SSSR count). The fraction of sp³-hybridized carbons (Fsp3) is 0.429. The number of nitrogens with zero attached hydrogens (tertiary/aromatic N) is 1. The molecular weight excluding hydrogens is 346 g/mol. The number of sulfonamides is 1. The van der Waals surface area contributed by atoms with Gasteiger partial charge in [-0.05, 0) is 37.5 Å². The number of carbonyl (C=O) groups excluding carboxylic acids is 1. The van der Waals surface area contributed by atoms with Crippen LogP contribution in [0.1, 0.15) is 29.6 Å². The number of ether oxygens (including phenoxy) is 1. The van der Waals surface area contributed by atoms with Crippen LogP contribution in [0.25, 0.3) is 0 Å². The van der Waals surface area contributed by atoms with Crippen LogP contribution < -0.4 is 0 Å². The van der Waals surface area contributed by atoms with Gasteiger partial charge in [-0.1, -0.05) is 11.6 Å². The van der Waals surface area contributed by atoms with Gasteiger partial charge in [0, 0.05) is 11.6 Å². The number of carboxylic acids is 1. The van der Waals surface area contributed by atoms with Crippen LogP contribution >= 0.6 is 11.6 Å². The van der Waals surface area contributed by atoms with E-state index in [1.807, 2.05) is 0 Å². The van der Waals surface area contributed by atoms with Crippen LogP contribution in [-0.4, -0.2) is 49.5 Å². The first kappa shape index (κ1) is 17.7. The summed E-state index contributed by atoms with van der Waals surface area (Å²) >= 11 is 5.89. The maximum Gasteiger partial charge on any atom is 0.337 e. The highest BCUT2D eigenvalue weighted by Crippen LogP contribution is 2.28. The van der Waals surface area contributed by atoms with Crippen molar-refractivity contribution < 1.29 is 27.9 Å². The number of hydrogen-bond acceptors (Lipinski definition) is 5. The molecule has 1 aliphatic heterocycles. The molecule has 1 aliphatic rings. The van der Waals surface area contributed by atoms with E-state index in [1.165, 1.54) is 19.2 Å². The molecular formula is C14H16ClNO6S. The summed E-state index contributed by atoms with van der Waals surface area (Å²) in [6.07, 6.45) is 1.47. The van der Waals surface area contributed by atoms with E-state index >= 15 is 0 Å². The van der Waals surface area contributed by atoms with Gasteiger partial charge in [0.15, 0.2) is 0 Å². The lowest BCUT2D eigenvalue weighted by Crippen LogP contribution is -2.47. The summed E-state index contributed by atoms with van der Waals surface area (Å²) in [6.45, 7) is 0.110. The summed E-state index contributed by atoms with van der Waals surface area (Å²) in [7, 11) is -2.91. The maximum absolute atomic E-state index is 12.8. The molecule has 0 saturated carbocycles. The molecule has 1 fully saturated rings. The number of carboxylic acid groups (broad SMARTS) is 1. The number of esters is 1. The molecule has 1 saturated heterocycles. The zero-order valence-electron chi connectivity index (χ0n) is 12.4. The second-order valence-electron chi connectivity index (χ2n) is 5.13. The van der Waals surface area contributed by atoms with Crippen molar-refractivity contribution in [3.63, 3.8) is 0 Å². The van der Waals surface area contributed by atoms with E-state index in [1.54, 1.807) is 0 Å². The van der Waals surface area contributed by atoms with Gasteiger partial charge in [0.1, 0.15) is 6.04 Å². The van der Waals surface area contributed by atoms with Crippen LogP contribution in [0.4, 0.5) is 0 Å². The SMILES string of the molecule is COC(=O)c1cc(Cl)cc(S(=O)(=O)N2CCCCC2C(=O)O)c1. The molecule has 0 amide bonds. The smallest absolute Gasteiger partial charge is 0.337 e. The third-order valence-electron chi connectivity index (χ3n) is 3.64. The molecule has 1 unspecified atom stereocenters. The van der Waals surface area contributed by atoms with Crippen molar-refractivity contribution in [1.82, 2.24) is 4.31 Å². The minimum Gasteiger partial charge on any atom is -0.480 e. The molecule has 1 heterocycles. The number of rotatable bonds is 4. The Bertz CT molecular complexity index is 733. The Balaban J connectivity index is 2.48. The van der Waals surface area contributed by atoms with E-state index in [0.29, 0.717) is 12.8 Å². The highest BCUT2D eigenvalue weighted by atomic mass is 35.5. The van der Waals surface area contributed by atoms with Crippen molar-refractivity contribution in [3.8, 4) is 0 Å². The highest BCUT2D eigenvalue weighted by Gasteiger charge is 2.38. The predicted octanol–water partition coefficient (Wildman–Crippen LogP) is 1.75.